The molecule has 1 unspecified atom stereocenters. The Bertz CT molecular complexity index is 2420. The molecule has 0 saturated carbocycles. The van der Waals surface area contributed by atoms with E-state index in [1.54, 1.807) is 12.1 Å². The van der Waals surface area contributed by atoms with Gasteiger partial charge >= 0.3 is 12.1 Å². The fourth-order valence-electron chi connectivity index (χ4n) is 7.50. The van der Waals surface area contributed by atoms with Gasteiger partial charge in [-0.15, -0.1) is 0 Å². The second-order valence-electron chi connectivity index (χ2n) is 13.9. The average molecular weight is 743 g/mol. The van der Waals surface area contributed by atoms with Gasteiger partial charge in [-0.05, 0) is 72.8 Å². The molecule has 6 aliphatic heterocycles. The summed E-state index contributed by atoms with van der Waals surface area (Å²) in [6.45, 7) is 7.39. The lowest BCUT2D eigenvalue weighted by molar-refractivity contribution is -0.855. The van der Waals surface area contributed by atoms with Crippen LogP contribution in [0.5, 0.6) is 23.0 Å². The first kappa shape index (κ1) is 33.8. The lowest BCUT2D eigenvalue weighted by Crippen LogP contribution is -2.59. The Morgan fingerprint density at radius 2 is 0.782 bits per heavy atom. The Balaban J connectivity index is 0.000000145. The standard InChI is InChI=1S/C21H18N4O4.C19H17N4O3/c1-13(26)22-17-3-5-19-15(9-17)11-24-7-8-25-12-16-10-18(23-14(2)27)4-6-20(16)29-21(24,25)28-19;1-12(24)21-16-3-5-18-14(9-16)11-23-7-6-22-10-13-8-15(20)2-4-17(13)25-19(22,23)26-18/h3-6,9-12H,7-8H2,1-2H3;2-5,8-11H,6-7,20H2,1H3/q;+1/p+3. The molecule has 4 aromatic rings. The maximum Gasteiger partial charge on any atom is 0.704 e. The fourth-order valence-corrected chi connectivity index (χ4v) is 7.50. The van der Waals surface area contributed by atoms with Crippen molar-refractivity contribution in [2.45, 2.75) is 32.8 Å². The van der Waals surface area contributed by atoms with Crippen molar-refractivity contribution in [2.75, 3.05) is 47.9 Å². The highest BCUT2D eigenvalue weighted by Gasteiger charge is 2.69. The lowest BCUT2D eigenvalue weighted by Gasteiger charge is -2.27. The zero-order valence-corrected chi connectivity index (χ0v) is 30.3. The van der Waals surface area contributed by atoms with Gasteiger partial charge in [0.05, 0.1) is 22.3 Å². The number of rotatable bonds is 3. The van der Waals surface area contributed by atoms with Gasteiger partial charge in [-0.25, -0.2) is 0 Å². The summed E-state index contributed by atoms with van der Waals surface area (Å²) in [5.41, 5.74) is 12.3. The Morgan fingerprint density at radius 1 is 0.491 bits per heavy atom. The molecule has 0 bridgehead atoms. The van der Waals surface area contributed by atoms with Gasteiger partial charge < -0.3 is 40.6 Å². The monoisotopic (exact) mass is 742 g/mol. The van der Waals surface area contributed by atoms with Crippen LogP contribution in [0.4, 0.5) is 22.7 Å². The molecule has 4 aromatic carbocycles. The van der Waals surface area contributed by atoms with Crippen LogP contribution in [0.3, 0.4) is 0 Å². The van der Waals surface area contributed by atoms with Crippen molar-refractivity contribution >= 4 is 65.3 Å². The van der Waals surface area contributed by atoms with E-state index < -0.39 is 12.1 Å². The maximum atomic E-state index is 11.3. The highest BCUT2D eigenvalue weighted by atomic mass is 16.8. The first-order valence-electron chi connectivity index (χ1n) is 17.8. The number of nitrogens with one attached hydrogen (secondary N) is 3. The fraction of sp³-hybridized carbons (Fsp3) is 0.225. The van der Waals surface area contributed by atoms with E-state index in [2.05, 4.69) is 16.0 Å². The van der Waals surface area contributed by atoms with Crippen LogP contribution in [0.2, 0.25) is 0 Å². The van der Waals surface area contributed by atoms with Gasteiger partial charge in [0.1, 0.15) is 0 Å². The summed E-state index contributed by atoms with van der Waals surface area (Å²) in [4.78, 5) is 34.0. The number of fused-ring (bicyclic) bond motifs is 4. The zero-order chi connectivity index (χ0) is 38.1. The van der Waals surface area contributed by atoms with E-state index in [0.717, 1.165) is 58.2 Å². The summed E-state index contributed by atoms with van der Waals surface area (Å²) in [7, 11) is 0. The van der Waals surface area contributed by atoms with Gasteiger partial charge in [0.2, 0.25) is 43.9 Å². The van der Waals surface area contributed by atoms with Crippen molar-refractivity contribution in [3.63, 3.8) is 0 Å². The summed E-state index contributed by atoms with van der Waals surface area (Å²) in [6, 6.07) is 20.1. The normalized spacial score (nSPS) is 19.3. The number of nitrogens with two attached hydrogens (primary N) is 1. The average Bonchev–Trinajstić information content (AvgIpc) is 3.67. The van der Waals surface area contributed by atoms with Gasteiger partial charge in [0.15, 0.2) is 47.9 Å². The van der Waals surface area contributed by atoms with E-state index in [9.17, 15) is 14.4 Å². The number of hydrogen-bond donors (Lipinski definition) is 4. The van der Waals surface area contributed by atoms with Crippen LogP contribution in [0, 0.1) is 0 Å². The van der Waals surface area contributed by atoms with Crippen LogP contribution in [-0.4, -0.2) is 99.1 Å². The summed E-state index contributed by atoms with van der Waals surface area (Å²) in [6.07, 6.45) is 8.03. The quantitative estimate of drug-likeness (QED) is 0.184. The second kappa shape index (κ2) is 12.5. The van der Waals surface area contributed by atoms with Crippen molar-refractivity contribution in [3.05, 3.63) is 95.1 Å². The van der Waals surface area contributed by atoms with Crippen LogP contribution in [0.1, 0.15) is 43.0 Å². The number of nitrogen functional groups attached to an aromatic ring is 1. The lowest BCUT2D eigenvalue weighted by atomic mass is 10.1. The molecule has 15 heteroatoms. The third-order valence-electron chi connectivity index (χ3n) is 9.79. The molecule has 5 N–H and O–H groups in total. The topological polar surface area (TPSA) is 162 Å². The minimum atomic E-state index is -1.08. The molecule has 2 spiro atoms. The molecule has 3 amide bonds. The summed E-state index contributed by atoms with van der Waals surface area (Å²) in [5, 5.41) is 8.38. The maximum absolute atomic E-state index is 11.3. The highest BCUT2D eigenvalue weighted by molar-refractivity contribution is 5.93. The largest absolute Gasteiger partial charge is 0.704 e. The molecule has 0 aliphatic carbocycles. The molecular weight excluding hydrogens is 704 g/mol. The molecule has 55 heavy (non-hydrogen) atoms. The summed E-state index contributed by atoms with van der Waals surface area (Å²) >= 11 is 0. The smallest absolute Gasteiger partial charge is 0.399 e. The predicted molar refractivity (Wildman–Crippen MR) is 202 cm³/mol. The SMILES string of the molecule is CC(=O)Nc1ccc2c(c1)C=[N+]1CC[N+]3=Cc4cc(N)ccc4OC31O2.CC(=O)Nc1ccc2c(c1)C=[N+]1CC[N+]3=Cc4cc(NC(C)=O)ccc4OC13O2. The molecule has 6 aliphatic rings. The number of benzene rings is 4. The molecule has 276 valence electrons. The first-order chi connectivity index (χ1) is 26.5. The molecule has 2 fully saturated rings. The number of nitrogens with zero attached hydrogens (tertiary/aromatic N) is 4. The molecule has 0 radical (unpaired) electrons. The molecular formula is C40H38N8O7+4. The highest BCUT2D eigenvalue weighted by Crippen LogP contribution is 2.39. The Kier molecular flexibility index (Phi) is 7.70. The van der Waals surface area contributed by atoms with Crippen LogP contribution in [0.25, 0.3) is 0 Å². The Morgan fingerprint density at radius 3 is 1.09 bits per heavy atom. The zero-order valence-electron chi connectivity index (χ0n) is 30.3. The van der Waals surface area contributed by atoms with Crippen LogP contribution in [0.15, 0.2) is 72.8 Å². The predicted octanol–water partition coefficient (Wildman–Crippen LogP) is 2.78. The van der Waals surface area contributed by atoms with E-state index in [4.69, 9.17) is 24.7 Å². The van der Waals surface area contributed by atoms with Gasteiger partial charge in [0, 0.05) is 43.5 Å². The molecule has 0 aromatic heterocycles. The number of hydrogen-bond acceptors (Lipinski definition) is 8. The summed E-state index contributed by atoms with van der Waals surface area (Å²) in [5.74, 6) is 2.44. The van der Waals surface area contributed by atoms with E-state index in [0.29, 0.717) is 36.0 Å². The molecule has 10 rings (SSSR count). The third kappa shape index (κ3) is 5.89. The van der Waals surface area contributed by atoms with Crippen LogP contribution in [-0.2, 0) is 14.4 Å². The number of carbonyl (C=O) groups is 3. The van der Waals surface area contributed by atoms with Gasteiger partial charge in [-0.2, -0.15) is 0 Å². The van der Waals surface area contributed by atoms with Crippen molar-refractivity contribution in [1.29, 1.82) is 0 Å². The summed E-state index contributed by atoms with van der Waals surface area (Å²) < 4.78 is 33.4. The Hall–Kier alpha value is -7.03. The minimum absolute atomic E-state index is 0.105. The van der Waals surface area contributed by atoms with Crippen LogP contribution < -0.4 is 40.6 Å². The number of carbonyl (C=O) groups excluding carboxylic acids is 3. The van der Waals surface area contributed by atoms with Gasteiger partial charge in [0.25, 0.3) is 0 Å². The molecule has 2 saturated heterocycles. The van der Waals surface area contributed by atoms with E-state index in [-0.39, 0.29) is 17.7 Å². The molecule has 6 heterocycles. The van der Waals surface area contributed by atoms with Gasteiger partial charge in [-0.1, -0.05) is 18.3 Å². The number of amides is 3. The van der Waals surface area contributed by atoms with E-state index in [1.165, 1.54) is 20.8 Å². The first-order valence-corrected chi connectivity index (χ1v) is 17.8. The minimum Gasteiger partial charge on any atom is -0.399 e. The van der Waals surface area contributed by atoms with E-state index in [1.807, 2.05) is 104 Å². The molecule has 15 nitrogen and oxygen atoms in total. The van der Waals surface area contributed by atoms with Crippen molar-refractivity contribution in [2.24, 2.45) is 0 Å². The number of ether oxygens (including phenoxy) is 4. The number of anilines is 4. The van der Waals surface area contributed by atoms with Gasteiger partial charge in [-0.3, -0.25) is 14.4 Å². The molecule has 1 atom stereocenters. The Labute approximate surface area is 315 Å². The van der Waals surface area contributed by atoms with Crippen molar-refractivity contribution in [3.8, 4) is 23.0 Å². The van der Waals surface area contributed by atoms with E-state index >= 15 is 0 Å². The third-order valence-corrected chi connectivity index (χ3v) is 9.79. The second-order valence-corrected chi connectivity index (χ2v) is 13.9. The van der Waals surface area contributed by atoms with Crippen LogP contribution >= 0.6 is 0 Å². The van der Waals surface area contributed by atoms with Crippen molar-refractivity contribution < 1.29 is 51.6 Å². The van der Waals surface area contributed by atoms with Crippen molar-refractivity contribution in [1.82, 2.24) is 0 Å².